The van der Waals surface area contributed by atoms with E-state index >= 15 is 0 Å². The second kappa shape index (κ2) is 9.12. The zero-order chi connectivity index (χ0) is 24.8. The molecule has 34 heavy (non-hydrogen) atoms. The van der Waals surface area contributed by atoms with E-state index in [1.807, 2.05) is 27.7 Å². The van der Waals surface area contributed by atoms with Crippen molar-refractivity contribution in [2.45, 2.75) is 79.7 Å². The summed E-state index contributed by atoms with van der Waals surface area (Å²) < 4.78 is 6.17. The number of benzene rings is 2. The molecule has 2 aliphatic heterocycles. The molecule has 0 amide bonds. The van der Waals surface area contributed by atoms with E-state index in [1.165, 1.54) is 22.4 Å². The van der Waals surface area contributed by atoms with Crippen LogP contribution in [-0.4, -0.2) is 33.8 Å². The number of carbonyl (C=O) groups is 1. The number of aryl methyl sites for hydroxylation is 1. The molecule has 0 spiro atoms. The topological polar surface area (TPSA) is 62.1 Å². The molecular weight excluding hydrogens is 424 g/mol. The highest BCUT2D eigenvalue weighted by molar-refractivity contribution is 5.90. The maximum absolute atomic E-state index is 12.5. The quantitative estimate of drug-likeness (QED) is 0.551. The van der Waals surface area contributed by atoms with Gasteiger partial charge in [0.25, 0.3) is 0 Å². The van der Waals surface area contributed by atoms with Gasteiger partial charge in [0.2, 0.25) is 0 Å². The molecule has 0 radical (unpaired) electrons. The summed E-state index contributed by atoms with van der Waals surface area (Å²) in [5.41, 5.74) is 10.4. The number of aliphatic imine (C=N–C) groups is 1. The molecule has 2 aromatic rings. The minimum absolute atomic E-state index is 0.593. The third kappa shape index (κ3) is 4.86. The third-order valence-electron chi connectivity index (χ3n) is 6.75. The Morgan fingerprint density at radius 2 is 1.68 bits per heavy atom. The summed E-state index contributed by atoms with van der Waals surface area (Å²) >= 11 is 0. The van der Waals surface area contributed by atoms with Crippen LogP contribution in [0.1, 0.15) is 73.6 Å². The largest absolute Gasteiger partial charge is 0.479 e. The minimum atomic E-state index is -1.04. The zero-order valence-electron chi connectivity index (χ0n) is 21.5. The Morgan fingerprint density at radius 1 is 1.06 bits per heavy atom. The molecule has 0 bridgehead atoms. The van der Waals surface area contributed by atoms with Gasteiger partial charge in [0.15, 0.2) is 6.10 Å². The summed E-state index contributed by atoms with van der Waals surface area (Å²) in [6, 6.07) is 8.36. The van der Waals surface area contributed by atoms with E-state index in [0.29, 0.717) is 0 Å². The molecule has 0 saturated heterocycles. The van der Waals surface area contributed by atoms with E-state index in [9.17, 15) is 9.90 Å². The van der Waals surface area contributed by atoms with Crippen LogP contribution in [0.3, 0.4) is 0 Å². The highest BCUT2D eigenvalue weighted by Crippen LogP contribution is 2.43. The van der Waals surface area contributed by atoms with Crippen LogP contribution in [0.15, 0.2) is 41.0 Å². The predicted octanol–water partition coefficient (Wildman–Crippen LogP) is 6.28. The average molecular weight is 461 g/mol. The van der Waals surface area contributed by atoms with Gasteiger partial charge in [-0.15, -0.1) is 0 Å². The zero-order valence-corrected chi connectivity index (χ0v) is 21.5. The Kier molecular flexibility index (Phi) is 6.54. The molecule has 5 heteroatoms. The van der Waals surface area contributed by atoms with E-state index < -0.39 is 17.7 Å². The Labute approximate surface area is 203 Å². The summed E-state index contributed by atoms with van der Waals surface area (Å²) in [5, 5.41) is 10.3. The number of ether oxygens (including phenoxy) is 1. The lowest BCUT2D eigenvalue weighted by Crippen LogP contribution is -2.28. The molecule has 5 nitrogen and oxygen atoms in total. The maximum Gasteiger partial charge on any atom is 0.337 e. The summed E-state index contributed by atoms with van der Waals surface area (Å²) in [4.78, 5) is 19.6. The molecule has 2 aromatic carbocycles. The van der Waals surface area contributed by atoms with Crippen molar-refractivity contribution in [3.8, 4) is 11.1 Å². The first-order valence-electron chi connectivity index (χ1n) is 12.0. The van der Waals surface area contributed by atoms with Gasteiger partial charge >= 0.3 is 5.97 Å². The van der Waals surface area contributed by atoms with Crippen LogP contribution < -0.4 is 0 Å². The summed E-state index contributed by atoms with van der Waals surface area (Å²) in [5.74, 6) is -0.956. The Bertz CT molecular complexity index is 1180. The lowest BCUT2D eigenvalue weighted by Gasteiger charge is -2.30. The Hall–Kier alpha value is -2.76. The van der Waals surface area contributed by atoms with E-state index in [2.05, 4.69) is 61.0 Å². The van der Waals surface area contributed by atoms with Crippen LogP contribution in [0.25, 0.3) is 11.1 Å². The molecule has 2 aliphatic rings. The number of aliphatic carboxylic acids is 1. The number of allylic oxidation sites excluding steroid dienone is 2. The van der Waals surface area contributed by atoms with Gasteiger partial charge in [-0.05, 0) is 81.8 Å². The molecule has 0 unspecified atom stereocenters. The number of carboxylic acid groups (broad SMARTS) is 1. The number of hydrogen-bond donors (Lipinski definition) is 1. The number of nitrogens with zero attached hydrogens (tertiary/aromatic N) is 2. The van der Waals surface area contributed by atoms with Crippen molar-refractivity contribution in [1.82, 2.24) is 4.90 Å². The lowest BCUT2D eigenvalue weighted by atomic mass is 9.83. The normalized spacial score (nSPS) is 16.9. The first-order valence-corrected chi connectivity index (χ1v) is 12.0. The van der Waals surface area contributed by atoms with Gasteiger partial charge in [-0.3, -0.25) is 9.89 Å². The first-order chi connectivity index (χ1) is 15.9. The van der Waals surface area contributed by atoms with Crippen molar-refractivity contribution in [1.29, 1.82) is 0 Å². The molecule has 0 aliphatic carbocycles. The number of fused-ring (bicyclic) bond motifs is 1. The van der Waals surface area contributed by atoms with Crippen LogP contribution in [-0.2, 0) is 22.6 Å². The second-order valence-electron chi connectivity index (χ2n) is 10.7. The van der Waals surface area contributed by atoms with Gasteiger partial charge in [-0.2, -0.15) is 0 Å². The molecular formula is C29H36N2O3. The van der Waals surface area contributed by atoms with Crippen molar-refractivity contribution < 1.29 is 14.6 Å². The maximum atomic E-state index is 12.5. The predicted molar refractivity (Wildman–Crippen MR) is 137 cm³/mol. The number of carboxylic acids is 1. The standard InChI is InChI=1S/C29H36N2O3/c1-17-8-11-21(12-9-17)25-19(3)23-15-31(14-22-13-10-18(2)30-22)16-24(23)20(4)26(25)27(28(32)33)34-29(5,6)7/h8-12,27H,13-16H2,1-7H3,(H,32,33)/t27-/m0/s1. The van der Waals surface area contributed by atoms with Gasteiger partial charge in [0.1, 0.15) is 0 Å². The van der Waals surface area contributed by atoms with Crippen molar-refractivity contribution in [2.75, 3.05) is 6.54 Å². The minimum Gasteiger partial charge on any atom is -0.479 e. The molecule has 2 heterocycles. The monoisotopic (exact) mass is 460 g/mol. The SMILES string of the molecule is CC1=CCC(CN2Cc3c(C)c(-c4ccc(C)cc4)c([C@H](OC(C)(C)C)C(=O)O)c(C)c3C2)=N1. The fourth-order valence-corrected chi connectivity index (χ4v) is 5.17. The molecule has 0 aromatic heterocycles. The molecule has 4 rings (SSSR count). The van der Waals surface area contributed by atoms with E-state index in [-0.39, 0.29) is 0 Å². The summed E-state index contributed by atoms with van der Waals surface area (Å²) in [7, 11) is 0. The van der Waals surface area contributed by atoms with Crippen LogP contribution in [0, 0.1) is 20.8 Å². The highest BCUT2D eigenvalue weighted by atomic mass is 16.5. The molecule has 1 N–H and O–H groups in total. The van der Waals surface area contributed by atoms with E-state index in [4.69, 9.17) is 4.74 Å². The van der Waals surface area contributed by atoms with E-state index in [1.54, 1.807) is 0 Å². The van der Waals surface area contributed by atoms with Crippen LogP contribution in [0.5, 0.6) is 0 Å². The van der Waals surface area contributed by atoms with Crippen LogP contribution in [0.4, 0.5) is 0 Å². The Balaban J connectivity index is 1.85. The second-order valence-corrected chi connectivity index (χ2v) is 10.7. The molecule has 180 valence electrons. The highest BCUT2D eigenvalue weighted by Gasteiger charge is 2.35. The van der Waals surface area contributed by atoms with E-state index in [0.717, 1.165) is 59.6 Å². The van der Waals surface area contributed by atoms with Gasteiger partial charge < -0.3 is 9.84 Å². The molecule has 1 atom stereocenters. The van der Waals surface area contributed by atoms with Crippen molar-refractivity contribution in [2.24, 2.45) is 4.99 Å². The fraction of sp³-hybridized carbons (Fsp3) is 0.448. The average Bonchev–Trinajstić information content (AvgIpc) is 3.35. The number of hydrogen-bond acceptors (Lipinski definition) is 4. The first kappa shape index (κ1) is 24.4. The van der Waals surface area contributed by atoms with Gasteiger partial charge in [0, 0.05) is 43.0 Å². The van der Waals surface area contributed by atoms with Crippen molar-refractivity contribution in [3.05, 3.63) is 69.4 Å². The van der Waals surface area contributed by atoms with Crippen molar-refractivity contribution in [3.63, 3.8) is 0 Å². The fourth-order valence-electron chi connectivity index (χ4n) is 5.17. The lowest BCUT2D eigenvalue weighted by molar-refractivity contribution is -0.160. The molecule has 0 saturated carbocycles. The summed E-state index contributed by atoms with van der Waals surface area (Å²) in [6.45, 7) is 16.5. The van der Waals surface area contributed by atoms with Gasteiger partial charge in [-0.25, -0.2) is 4.79 Å². The van der Waals surface area contributed by atoms with Gasteiger partial charge in [-0.1, -0.05) is 35.9 Å². The summed E-state index contributed by atoms with van der Waals surface area (Å²) in [6.07, 6.45) is 2.04. The van der Waals surface area contributed by atoms with Crippen LogP contribution in [0.2, 0.25) is 0 Å². The number of rotatable bonds is 6. The third-order valence-corrected chi connectivity index (χ3v) is 6.75. The van der Waals surface area contributed by atoms with Crippen molar-refractivity contribution >= 4 is 11.7 Å². The smallest absolute Gasteiger partial charge is 0.337 e. The van der Waals surface area contributed by atoms with Crippen LogP contribution >= 0.6 is 0 Å². The molecule has 0 fully saturated rings. The van der Waals surface area contributed by atoms with Gasteiger partial charge in [0.05, 0.1) is 5.60 Å². The Morgan fingerprint density at radius 3 is 2.21 bits per heavy atom.